The van der Waals surface area contributed by atoms with Crippen LogP contribution in [0.3, 0.4) is 0 Å². The molecule has 3 aromatic rings. The summed E-state index contributed by atoms with van der Waals surface area (Å²) in [5.74, 6) is 3.15. The zero-order valence-corrected chi connectivity index (χ0v) is 26.9. The fourth-order valence-corrected chi connectivity index (χ4v) is 9.50. The van der Waals surface area contributed by atoms with Gasteiger partial charge in [0.05, 0.1) is 18.4 Å². The number of hydrogen-bond donors (Lipinski definition) is 0. The maximum atomic E-state index is 14.6. The Morgan fingerprint density at radius 2 is 1.89 bits per heavy atom. The van der Waals surface area contributed by atoms with Crippen LogP contribution in [0.1, 0.15) is 64.0 Å². The first-order valence-corrected chi connectivity index (χ1v) is 17.4. The summed E-state index contributed by atoms with van der Waals surface area (Å²) in [6.45, 7) is 11.0. The van der Waals surface area contributed by atoms with E-state index in [0.29, 0.717) is 53.0 Å². The highest BCUT2D eigenvalue weighted by Crippen LogP contribution is 2.50. The lowest BCUT2D eigenvalue weighted by molar-refractivity contribution is -0.0898. The van der Waals surface area contributed by atoms with Gasteiger partial charge in [-0.15, -0.1) is 10.2 Å². The van der Waals surface area contributed by atoms with Gasteiger partial charge in [-0.1, -0.05) is 19.9 Å². The molecular weight excluding hydrogens is 581 g/mol. The zero-order chi connectivity index (χ0) is 31.0. The smallest absolute Gasteiger partial charge is 0.282 e. The van der Waals surface area contributed by atoms with Gasteiger partial charge in [0.25, 0.3) is 5.88 Å². The molecule has 242 valence electrons. The van der Waals surface area contributed by atoms with Crippen molar-refractivity contribution < 1.29 is 13.9 Å². The van der Waals surface area contributed by atoms with Crippen LogP contribution in [0.15, 0.2) is 42.9 Å². The Hall–Kier alpha value is -3.21. The number of ether oxygens (including phenoxy) is 2. The Morgan fingerprint density at radius 1 is 1.02 bits per heavy atom. The number of anilines is 1. The van der Waals surface area contributed by atoms with Gasteiger partial charge >= 0.3 is 0 Å². The van der Waals surface area contributed by atoms with Crippen LogP contribution >= 0.6 is 0 Å². The highest BCUT2D eigenvalue weighted by atomic mass is 19.1. The standard InChI is InChI=1S/C36H44FN7O2/c1-22(2)33(24-12-26(13-24)44-16-28-15-27(44)17-45-28)43-19-36(20-43)9-11-42(18-36)34-35(41-40-21-39-34)46-31-8-7-25(37)14-30(31)29-4-3-10-38-32(29)23-5-6-23/h3-4,7-8,10,14,21-24,26-28,33H,5-6,9,11-13,15-20H2,1-2H3/t24?,26?,27-,28-,33+/m1/s1. The molecule has 6 fully saturated rings. The van der Waals surface area contributed by atoms with E-state index < -0.39 is 0 Å². The minimum Gasteiger partial charge on any atom is -0.434 e. The molecule has 4 aliphatic heterocycles. The number of fused-ring (bicyclic) bond motifs is 2. The van der Waals surface area contributed by atoms with Crippen LogP contribution in [0.4, 0.5) is 10.2 Å². The van der Waals surface area contributed by atoms with Crippen molar-refractivity contribution in [2.45, 2.75) is 82.5 Å². The molecule has 2 aliphatic carbocycles. The van der Waals surface area contributed by atoms with Gasteiger partial charge < -0.3 is 14.4 Å². The minimum absolute atomic E-state index is 0.264. The Morgan fingerprint density at radius 3 is 2.65 bits per heavy atom. The highest BCUT2D eigenvalue weighted by Gasteiger charge is 2.54. The van der Waals surface area contributed by atoms with Crippen molar-refractivity contribution in [3.05, 3.63) is 54.4 Å². The molecule has 6 heterocycles. The second kappa shape index (κ2) is 11.2. The van der Waals surface area contributed by atoms with E-state index >= 15 is 0 Å². The average molecular weight is 626 g/mol. The molecule has 10 heteroatoms. The summed E-state index contributed by atoms with van der Waals surface area (Å²) in [4.78, 5) is 17.2. The van der Waals surface area contributed by atoms with Gasteiger partial charge in [-0.2, -0.15) is 0 Å². The molecule has 0 N–H and O–H groups in total. The fraction of sp³-hybridized carbons (Fsp3) is 0.611. The number of rotatable bonds is 9. The molecule has 46 heavy (non-hydrogen) atoms. The molecule has 6 aliphatic rings. The van der Waals surface area contributed by atoms with Gasteiger partial charge in [-0.25, -0.2) is 9.37 Å². The molecule has 2 bridgehead atoms. The molecule has 9 nitrogen and oxygen atoms in total. The van der Waals surface area contributed by atoms with Crippen LogP contribution in [0.25, 0.3) is 11.1 Å². The van der Waals surface area contributed by atoms with Crippen molar-refractivity contribution >= 4 is 5.82 Å². The molecule has 0 radical (unpaired) electrons. The lowest BCUT2D eigenvalue weighted by Gasteiger charge is -2.58. The Bertz CT molecular complexity index is 1600. The van der Waals surface area contributed by atoms with Crippen molar-refractivity contribution in [2.24, 2.45) is 17.3 Å². The first kappa shape index (κ1) is 29.0. The Kier molecular flexibility index (Phi) is 7.05. The molecule has 0 amide bonds. The topological polar surface area (TPSA) is 79.7 Å². The second-order valence-electron chi connectivity index (χ2n) is 15.3. The number of likely N-dealkylation sites (tertiary alicyclic amines) is 2. The quantitative estimate of drug-likeness (QED) is 0.305. The van der Waals surface area contributed by atoms with Crippen LogP contribution in [0.5, 0.6) is 11.6 Å². The van der Waals surface area contributed by atoms with Gasteiger partial charge in [0.15, 0.2) is 5.82 Å². The molecular formula is C36H44FN7O2. The summed E-state index contributed by atoms with van der Waals surface area (Å²) in [6, 6.07) is 10.6. The first-order valence-electron chi connectivity index (χ1n) is 17.4. The minimum atomic E-state index is -0.309. The van der Waals surface area contributed by atoms with Crippen molar-refractivity contribution in [1.82, 2.24) is 30.0 Å². The maximum Gasteiger partial charge on any atom is 0.282 e. The second-order valence-corrected chi connectivity index (χ2v) is 15.3. The monoisotopic (exact) mass is 625 g/mol. The summed E-state index contributed by atoms with van der Waals surface area (Å²) in [5.41, 5.74) is 2.86. The number of hydrogen-bond acceptors (Lipinski definition) is 9. The van der Waals surface area contributed by atoms with Gasteiger partial charge in [-0.3, -0.25) is 14.8 Å². The average Bonchev–Trinajstić information content (AvgIpc) is 3.41. The summed E-state index contributed by atoms with van der Waals surface area (Å²) in [5, 5.41) is 8.47. The number of benzene rings is 1. The Balaban J connectivity index is 0.883. The van der Waals surface area contributed by atoms with Crippen LogP contribution in [-0.2, 0) is 4.74 Å². The van der Waals surface area contributed by atoms with Crippen molar-refractivity contribution in [3.63, 3.8) is 0 Å². The molecule has 9 rings (SSSR count). The van der Waals surface area contributed by atoms with Gasteiger partial charge in [-0.05, 0) is 74.6 Å². The Labute approximate surface area is 270 Å². The van der Waals surface area contributed by atoms with Gasteiger partial charge in [0.2, 0.25) is 0 Å². The van der Waals surface area contributed by atoms with Crippen molar-refractivity contribution in [1.29, 1.82) is 0 Å². The third-order valence-electron chi connectivity index (χ3n) is 11.8. The zero-order valence-electron chi connectivity index (χ0n) is 26.9. The van der Waals surface area contributed by atoms with Crippen molar-refractivity contribution in [3.8, 4) is 22.8 Å². The van der Waals surface area contributed by atoms with E-state index in [0.717, 1.165) is 81.8 Å². The molecule has 2 saturated carbocycles. The van der Waals surface area contributed by atoms with E-state index in [4.69, 9.17) is 9.47 Å². The summed E-state index contributed by atoms with van der Waals surface area (Å²) < 4.78 is 26.9. The van der Waals surface area contributed by atoms with E-state index in [1.165, 1.54) is 37.7 Å². The molecule has 1 spiro atoms. The number of aromatic nitrogens is 4. The molecule has 4 saturated heterocycles. The third-order valence-corrected chi connectivity index (χ3v) is 11.8. The lowest BCUT2D eigenvalue weighted by atomic mass is 9.68. The molecule has 3 atom stereocenters. The SMILES string of the molecule is CC(C)[C@@H](C1CC(N2C[C@H]3C[C@@H]2CO3)C1)N1CC2(CCN(c3ncnnc3Oc3ccc(F)cc3-c3cccnc3C3CC3)C2)C1. The van der Waals surface area contributed by atoms with E-state index in [9.17, 15) is 4.39 Å². The number of halogens is 1. The third kappa shape index (κ3) is 5.08. The van der Waals surface area contributed by atoms with Crippen molar-refractivity contribution in [2.75, 3.05) is 44.2 Å². The van der Waals surface area contributed by atoms with Gasteiger partial charge in [0, 0.05) is 79.5 Å². The van der Waals surface area contributed by atoms with Crippen LogP contribution in [0, 0.1) is 23.1 Å². The predicted octanol–water partition coefficient (Wildman–Crippen LogP) is 5.53. The summed E-state index contributed by atoms with van der Waals surface area (Å²) in [6.07, 6.45) is 11.1. The van der Waals surface area contributed by atoms with E-state index in [2.05, 4.69) is 48.7 Å². The van der Waals surface area contributed by atoms with Crippen LogP contribution in [-0.4, -0.2) is 93.5 Å². The van der Waals surface area contributed by atoms with E-state index in [1.807, 2.05) is 18.3 Å². The number of pyridine rings is 1. The molecule has 0 unspecified atom stereocenters. The predicted molar refractivity (Wildman–Crippen MR) is 172 cm³/mol. The first-order chi connectivity index (χ1) is 22.4. The van der Waals surface area contributed by atoms with E-state index in [1.54, 1.807) is 6.07 Å². The van der Waals surface area contributed by atoms with Crippen LogP contribution < -0.4 is 9.64 Å². The molecule has 1 aromatic carbocycles. The van der Waals surface area contributed by atoms with E-state index in [-0.39, 0.29) is 11.2 Å². The summed E-state index contributed by atoms with van der Waals surface area (Å²) in [7, 11) is 0. The number of nitrogens with zero attached hydrogens (tertiary/aromatic N) is 7. The fourth-order valence-electron chi connectivity index (χ4n) is 9.50. The largest absolute Gasteiger partial charge is 0.434 e. The normalized spacial score (nSPS) is 29.3. The molecule has 2 aromatic heterocycles. The summed E-state index contributed by atoms with van der Waals surface area (Å²) >= 11 is 0. The maximum absolute atomic E-state index is 14.6. The van der Waals surface area contributed by atoms with Gasteiger partial charge in [0.1, 0.15) is 17.9 Å². The lowest BCUT2D eigenvalue weighted by Crippen LogP contribution is -2.65. The number of morpholine rings is 1. The van der Waals surface area contributed by atoms with Crippen LogP contribution in [0.2, 0.25) is 0 Å². The highest BCUT2D eigenvalue weighted by molar-refractivity contribution is 5.74.